The molecule has 3 aromatic carbocycles. The Kier molecular flexibility index (Phi) is 9.46. The normalized spacial score (nSPS) is 12.1. The number of nitrogens with one attached hydrogen (secondary N) is 1. The third-order valence-electron chi connectivity index (χ3n) is 6.26. The van der Waals surface area contributed by atoms with E-state index >= 15 is 0 Å². The molecule has 0 radical (unpaired) electrons. The van der Waals surface area contributed by atoms with Gasteiger partial charge in [0.15, 0.2) is 0 Å². The molecule has 0 saturated carbocycles. The van der Waals surface area contributed by atoms with Crippen LogP contribution in [0.4, 0.5) is 0 Å². The molecular formula is C32H40N2O2. The molecule has 0 heterocycles. The monoisotopic (exact) mass is 484 g/mol. The van der Waals surface area contributed by atoms with Gasteiger partial charge < -0.3 is 10.2 Å². The third kappa shape index (κ3) is 8.37. The number of benzene rings is 3. The molecule has 4 nitrogen and oxygen atoms in total. The van der Waals surface area contributed by atoms with Crippen LogP contribution >= 0.6 is 0 Å². The Morgan fingerprint density at radius 2 is 1.47 bits per heavy atom. The van der Waals surface area contributed by atoms with Crippen molar-refractivity contribution >= 4 is 11.8 Å². The van der Waals surface area contributed by atoms with Crippen LogP contribution in [0.2, 0.25) is 0 Å². The molecule has 2 amide bonds. The van der Waals surface area contributed by atoms with Crippen LogP contribution in [0.25, 0.3) is 0 Å². The van der Waals surface area contributed by atoms with E-state index in [-0.39, 0.29) is 11.8 Å². The predicted molar refractivity (Wildman–Crippen MR) is 148 cm³/mol. The molecule has 0 bridgehead atoms. The predicted octanol–water partition coefficient (Wildman–Crippen LogP) is 6.04. The SMILES string of the molecule is CCc1ccc(CCC(=O)N(Cc2cccc(C)c2)[C@H](Cc2ccccc2)C(=O)NC(C)(C)C)cc1. The first kappa shape index (κ1) is 27.2. The summed E-state index contributed by atoms with van der Waals surface area (Å²) in [6.07, 6.45) is 2.45. The largest absolute Gasteiger partial charge is 0.350 e. The Morgan fingerprint density at radius 1 is 0.833 bits per heavy atom. The first-order valence-electron chi connectivity index (χ1n) is 12.9. The van der Waals surface area contributed by atoms with Gasteiger partial charge in [0.25, 0.3) is 0 Å². The van der Waals surface area contributed by atoms with Gasteiger partial charge in [0, 0.05) is 24.9 Å². The maximum atomic E-state index is 13.8. The van der Waals surface area contributed by atoms with Crippen LogP contribution in [0.5, 0.6) is 0 Å². The molecule has 190 valence electrons. The molecule has 0 aromatic heterocycles. The van der Waals surface area contributed by atoms with Gasteiger partial charge in [-0.15, -0.1) is 0 Å². The lowest BCUT2D eigenvalue weighted by atomic mass is 9.99. The summed E-state index contributed by atoms with van der Waals surface area (Å²) in [6, 6.07) is 25.9. The molecule has 3 aromatic rings. The van der Waals surface area contributed by atoms with Gasteiger partial charge in [-0.25, -0.2) is 0 Å². The minimum absolute atomic E-state index is 0.0129. The van der Waals surface area contributed by atoms with Crippen molar-refractivity contribution in [1.82, 2.24) is 10.2 Å². The summed E-state index contributed by atoms with van der Waals surface area (Å²) >= 11 is 0. The average molecular weight is 485 g/mol. The highest BCUT2D eigenvalue weighted by atomic mass is 16.2. The van der Waals surface area contributed by atoms with Crippen molar-refractivity contribution in [2.75, 3.05) is 0 Å². The molecule has 0 aliphatic carbocycles. The molecule has 0 saturated heterocycles. The number of carbonyl (C=O) groups excluding carboxylic acids is 2. The van der Waals surface area contributed by atoms with Crippen LogP contribution in [-0.4, -0.2) is 28.3 Å². The third-order valence-corrected chi connectivity index (χ3v) is 6.26. The molecule has 1 N–H and O–H groups in total. The second-order valence-electron chi connectivity index (χ2n) is 10.6. The summed E-state index contributed by atoms with van der Waals surface area (Å²) in [4.78, 5) is 29.2. The van der Waals surface area contributed by atoms with E-state index in [2.05, 4.69) is 42.6 Å². The fraction of sp³-hybridized carbons (Fsp3) is 0.375. The standard InChI is InChI=1S/C32H40N2O2/c1-6-25-15-17-26(18-16-25)19-20-30(35)34(23-28-14-10-11-24(2)21-28)29(31(36)33-32(3,4)5)22-27-12-8-7-9-13-27/h7-18,21,29H,6,19-20,22-23H2,1-5H3,(H,33,36)/t29-/m1/s1. The van der Waals surface area contributed by atoms with Crippen LogP contribution in [0.3, 0.4) is 0 Å². The van der Waals surface area contributed by atoms with Crippen molar-refractivity contribution in [3.8, 4) is 0 Å². The minimum Gasteiger partial charge on any atom is -0.350 e. The first-order valence-corrected chi connectivity index (χ1v) is 12.9. The fourth-order valence-corrected chi connectivity index (χ4v) is 4.35. The van der Waals surface area contributed by atoms with Crippen LogP contribution < -0.4 is 5.32 Å². The topological polar surface area (TPSA) is 49.4 Å². The van der Waals surface area contributed by atoms with Crippen molar-refractivity contribution < 1.29 is 9.59 Å². The highest BCUT2D eigenvalue weighted by molar-refractivity contribution is 5.88. The van der Waals surface area contributed by atoms with Crippen LogP contribution in [0.1, 0.15) is 61.9 Å². The Bertz CT molecular complexity index is 1130. The van der Waals surface area contributed by atoms with E-state index < -0.39 is 11.6 Å². The summed E-state index contributed by atoms with van der Waals surface area (Å²) in [5, 5.41) is 3.13. The van der Waals surface area contributed by atoms with Crippen LogP contribution in [0.15, 0.2) is 78.9 Å². The second kappa shape index (κ2) is 12.5. The second-order valence-corrected chi connectivity index (χ2v) is 10.6. The van der Waals surface area contributed by atoms with Crippen molar-refractivity contribution in [3.63, 3.8) is 0 Å². The summed E-state index contributed by atoms with van der Waals surface area (Å²) in [5.74, 6) is -0.138. The summed E-state index contributed by atoms with van der Waals surface area (Å²) in [6.45, 7) is 10.5. The van der Waals surface area contributed by atoms with Gasteiger partial charge in [-0.3, -0.25) is 9.59 Å². The van der Waals surface area contributed by atoms with Crippen molar-refractivity contribution in [2.24, 2.45) is 0 Å². The van der Waals surface area contributed by atoms with E-state index in [0.717, 1.165) is 28.7 Å². The zero-order chi connectivity index (χ0) is 26.1. The maximum absolute atomic E-state index is 13.8. The zero-order valence-electron chi connectivity index (χ0n) is 22.4. The Morgan fingerprint density at radius 3 is 2.08 bits per heavy atom. The van der Waals surface area contributed by atoms with Gasteiger partial charge in [-0.2, -0.15) is 0 Å². The van der Waals surface area contributed by atoms with Gasteiger partial charge in [0.2, 0.25) is 11.8 Å². The fourth-order valence-electron chi connectivity index (χ4n) is 4.35. The molecule has 36 heavy (non-hydrogen) atoms. The summed E-state index contributed by atoms with van der Waals surface area (Å²) in [5.41, 5.74) is 5.21. The Labute approximate surface area is 216 Å². The van der Waals surface area contributed by atoms with Crippen LogP contribution in [-0.2, 0) is 35.4 Å². The van der Waals surface area contributed by atoms with Gasteiger partial charge in [0.1, 0.15) is 6.04 Å². The summed E-state index contributed by atoms with van der Waals surface area (Å²) in [7, 11) is 0. The lowest BCUT2D eigenvalue weighted by Crippen LogP contribution is -2.54. The minimum atomic E-state index is -0.609. The molecule has 3 rings (SSSR count). The van der Waals surface area contributed by atoms with E-state index in [1.807, 2.05) is 76.2 Å². The molecule has 4 heteroatoms. The highest BCUT2D eigenvalue weighted by Gasteiger charge is 2.32. The van der Waals surface area contributed by atoms with Crippen molar-refractivity contribution in [2.45, 2.75) is 78.4 Å². The number of hydrogen-bond acceptors (Lipinski definition) is 2. The molecular weight excluding hydrogens is 444 g/mol. The summed E-state index contributed by atoms with van der Waals surface area (Å²) < 4.78 is 0. The quantitative estimate of drug-likeness (QED) is 0.381. The number of rotatable bonds is 10. The lowest BCUT2D eigenvalue weighted by Gasteiger charge is -2.34. The van der Waals surface area contributed by atoms with E-state index in [1.54, 1.807) is 4.90 Å². The molecule has 0 fully saturated rings. The highest BCUT2D eigenvalue weighted by Crippen LogP contribution is 2.19. The molecule has 1 atom stereocenters. The van der Waals surface area contributed by atoms with E-state index in [0.29, 0.717) is 25.8 Å². The molecule has 0 spiro atoms. The Balaban J connectivity index is 1.91. The first-order chi connectivity index (χ1) is 17.1. The average Bonchev–Trinajstić information content (AvgIpc) is 2.84. The van der Waals surface area contributed by atoms with Gasteiger partial charge in [-0.05, 0) is 62.8 Å². The smallest absolute Gasteiger partial charge is 0.243 e. The molecule has 0 unspecified atom stereocenters. The van der Waals surface area contributed by atoms with Gasteiger partial charge >= 0.3 is 0 Å². The van der Waals surface area contributed by atoms with Crippen molar-refractivity contribution in [3.05, 3.63) is 107 Å². The molecule has 0 aliphatic rings. The van der Waals surface area contributed by atoms with E-state index in [1.165, 1.54) is 5.56 Å². The Hall–Kier alpha value is -3.40. The number of hydrogen-bond donors (Lipinski definition) is 1. The number of nitrogens with zero attached hydrogens (tertiary/aromatic N) is 1. The number of carbonyl (C=O) groups is 2. The van der Waals surface area contributed by atoms with E-state index in [9.17, 15) is 9.59 Å². The zero-order valence-corrected chi connectivity index (χ0v) is 22.4. The number of aryl methyl sites for hydroxylation is 3. The lowest BCUT2D eigenvalue weighted by molar-refractivity contribution is -0.141. The van der Waals surface area contributed by atoms with Crippen LogP contribution in [0, 0.1) is 6.92 Å². The van der Waals surface area contributed by atoms with Gasteiger partial charge in [-0.1, -0.05) is 91.3 Å². The maximum Gasteiger partial charge on any atom is 0.243 e. The molecule has 0 aliphatic heterocycles. The van der Waals surface area contributed by atoms with Gasteiger partial charge in [0.05, 0.1) is 0 Å². The van der Waals surface area contributed by atoms with E-state index in [4.69, 9.17) is 0 Å². The number of amides is 2. The van der Waals surface area contributed by atoms with Crippen molar-refractivity contribution in [1.29, 1.82) is 0 Å².